The van der Waals surface area contributed by atoms with Crippen molar-refractivity contribution in [3.05, 3.63) is 54.6 Å². The second kappa shape index (κ2) is 8.05. The summed E-state index contributed by atoms with van der Waals surface area (Å²) in [5.74, 6) is -0.683. The highest BCUT2D eigenvalue weighted by molar-refractivity contribution is 7.80. The molecule has 0 bridgehead atoms. The van der Waals surface area contributed by atoms with E-state index in [1.807, 2.05) is 44.2 Å². The molecule has 0 saturated carbocycles. The topological polar surface area (TPSA) is 54.7 Å². The number of rotatable bonds is 5. The first-order valence-corrected chi connectivity index (χ1v) is 8.57. The monoisotopic (exact) mass is 362 g/mol. The number of nitrogens with zero attached hydrogens (tertiary/aromatic N) is 2. The van der Waals surface area contributed by atoms with Crippen molar-refractivity contribution in [1.82, 2.24) is 9.55 Å². The Bertz CT molecular complexity index is 676. The van der Waals surface area contributed by atoms with Crippen molar-refractivity contribution in [2.24, 2.45) is 0 Å². The average molecular weight is 362 g/mol. The van der Waals surface area contributed by atoms with Crippen molar-refractivity contribution in [2.75, 3.05) is 13.2 Å². The lowest BCUT2D eigenvalue weighted by Gasteiger charge is -2.40. The quantitative estimate of drug-likeness (QED) is 0.763. The molecular weight excluding hydrogens is 340 g/mol. The summed E-state index contributed by atoms with van der Waals surface area (Å²) in [6.07, 6.45) is 4.34. The largest absolute Gasteiger partial charge is 0.462 e. The van der Waals surface area contributed by atoms with Crippen LogP contribution in [0.15, 0.2) is 49.1 Å². The second-order valence-electron chi connectivity index (χ2n) is 6.26. The Morgan fingerprint density at radius 2 is 2.16 bits per heavy atom. The molecule has 1 aromatic carbocycles. The lowest BCUT2D eigenvalue weighted by Crippen LogP contribution is -2.52. The molecule has 1 aromatic heterocycles. The van der Waals surface area contributed by atoms with Crippen LogP contribution in [0.3, 0.4) is 0 Å². The second-order valence-corrected chi connectivity index (χ2v) is 6.61. The molecule has 1 saturated heterocycles. The highest BCUT2D eigenvalue weighted by Gasteiger charge is 2.38. The van der Waals surface area contributed by atoms with Crippen LogP contribution in [0.2, 0.25) is 0 Å². The van der Waals surface area contributed by atoms with Crippen LogP contribution in [0.5, 0.6) is 0 Å². The van der Waals surface area contributed by atoms with E-state index < -0.39 is 5.79 Å². The van der Waals surface area contributed by atoms with E-state index in [9.17, 15) is 0 Å². The molecule has 0 amide bonds. The van der Waals surface area contributed by atoms with E-state index in [2.05, 4.69) is 4.98 Å². The number of aromatic nitrogens is 2. The zero-order valence-corrected chi connectivity index (χ0v) is 15.1. The highest BCUT2D eigenvalue weighted by Crippen LogP contribution is 2.25. The fourth-order valence-electron chi connectivity index (χ4n) is 2.54. The molecule has 6 nitrogen and oxygen atoms in total. The van der Waals surface area contributed by atoms with Gasteiger partial charge in [-0.3, -0.25) is 4.57 Å². The van der Waals surface area contributed by atoms with Gasteiger partial charge in [0.2, 0.25) is 0 Å². The third-order valence-corrected chi connectivity index (χ3v) is 4.11. The summed E-state index contributed by atoms with van der Waals surface area (Å²) in [5.41, 5.74) is 1.11. The average Bonchev–Trinajstić information content (AvgIpc) is 3.12. The van der Waals surface area contributed by atoms with Crippen molar-refractivity contribution >= 4 is 17.4 Å². The number of hydrogen-bond donors (Lipinski definition) is 0. The van der Waals surface area contributed by atoms with Crippen molar-refractivity contribution in [3.8, 4) is 0 Å². The maximum absolute atomic E-state index is 5.99. The lowest BCUT2D eigenvalue weighted by molar-refractivity contribution is -0.308. The van der Waals surface area contributed by atoms with Gasteiger partial charge in [0, 0.05) is 12.4 Å². The van der Waals surface area contributed by atoms with Crippen molar-refractivity contribution in [2.45, 2.75) is 38.4 Å². The molecule has 0 spiro atoms. The van der Waals surface area contributed by atoms with Crippen molar-refractivity contribution in [1.29, 1.82) is 0 Å². The predicted molar refractivity (Wildman–Crippen MR) is 96.1 cm³/mol. The van der Waals surface area contributed by atoms with Crippen molar-refractivity contribution < 1.29 is 18.9 Å². The van der Waals surface area contributed by atoms with E-state index in [0.29, 0.717) is 25.0 Å². The highest BCUT2D eigenvalue weighted by atomic mass is 32.1. The third-order valence-electron chi connectivity index (χ3n) is 3.81. The first kappa shape index (κ1) is 18.0. The molecule has 0 radical (unpaired) electrons. The summed E-state index contributed by atoms with van der Waals surface area (Å²) in [6, 6.07) is 10.0. The van der Waals surface area contributed by atoms with Gasteiger partial charge in [0.1, 0.15) is 12.4 Å². The first-order valence-electron chi connectivity index (χ1n) is 8.16. The summed E-state index contributed by atoms with van der Waals surface area (Å²) in [7, 11) is 0. The van der Waals surface area contributed by atoms with E-state index in [4.69, 9.17) is 31.2 Å². The summed E-state index contributed by atoms with van der Waals surface area (Å²) in [4.78, 5) is 3.97. The van der Waals surface area contributed by atoms with Crippen molar-refractivity contribution in [3.63, 3.8) is 0 Å². The van der Waals surface area contributed by atoms with Crippen LogP contribution >= 0.6 is 12.2 Å². The van der Waals surface area contributed by atoms with E-state index in [0.717, 1.165) is 5.56 Å². The number of benzene rings is 1. The van der Waals surface area contributed by atoms with Crippen LogP contribution in [0.1, 0.15) is 19.4 Å². The summed E-state index contributed by atoms with van der Waals surface area (Å²) in [5, 5.41) is 0.308. The van der Waals surface area contributed by atoms with Gasteiger partial charge < -0.3 is 18.9 Å². The molecule has 134 valence electrons. The molecule has 2 aromatic rings. The molecule has 2 heterocycles. The maximum atomic E-state index is 5.99. The number of hydrogen-bond acceptors (Lipinski definition) is 6. The molecule has 1 aliphatic rings. The zero-order valence-electron chi connectivity index (χ0n) is 14.3. The molecule has 1 aliphatic heterocycles. The molecule has 7 heteroatoms. The lowest BCUT2D eigenvalue weighted by atomic mass is 10.1. The summed E-state index contributed by atoms with van der Waals surface area (Å²) >= 11 is 5.30. The minimum absolute atomic E-state index is 0.283. The first-order chi connectivity index (χ1) is 12.0. The van der Waals surface area contributed by atoms with Gasteiger partial charge in [0.15, 0.2) is 11.9 Å². The van der Waals surface area contributed by atoms with Gasteiger partial charge in [-0.25, -0.2) is 4.98 Å². The minimum atomic E-state index is -0.683. The van der Waals surface area contributed by atoms with E-state index in [-0.39, 0.29) is 12.2 Å². The fraction of sp³-hybridized carbons (Fsp3) is 0.444. The molecule has 0 aliphatic carbocycles. The Hall–Kier alpha value is -1.80. The van der Waals surface area contributed by atoms with E-state index in [1.165, 1.54) is 0 Å². The Labute approximate surface area is 152 Å². The van der Waals surface area contributed by atoms with E-state index in [1.54, 1.807) is 23.3 Å². The summed E-state index contributed by atoms with van der Waals surface area (Å²) < 4.78 is 25.0. The Morgan fingerprint density at radius 1 is 1.36 bits per heavy atom. The molecule has 3 rings (SSSR count). The van der Waals surface area contributed by atoms with Gasteiger partial charge in [-0.2, -0.15) is 0 Å². The van der Waals surface area contributed by atoms with Crippen LogP contribution in [-0.2, 0) is 25.6 Å². The van der Waals surface area contributed by atoms with Gasteiger partial charge in [-0.15, -0.1) is 0 Å². The van der Waals surface area contributed by atoms with Crippen LogP contribution < -0.4 is 0 Å². The Kier molecular flexibility index (Phi) is 5.80. The number of thiocarbonyl (C=S) groups is 1. The summed E-state index contributed by atoms with van der Waals surface area (Å²) in [6.45, 7) is 5.03. The van der Waals surface area contributed by atoms with Crippen LogP contribution in [0.25, 0.3) is 0 Å². The SMILES string of the molecule is CC1(C)OC[C@H](OC(=S)n2ccnc2)[C@H](COCc2ccccc2)O1. The molecule has 2 atom stereocenters. The predicted octanol–water partition coefficient (Wildman–Crippen LogP) is 2.77. The smallest absolute Gasteiger partial charge is 0.269 e. The van der Waals surface area contributed by atoms with Crippen LogP contribution in [0.4, 0.5) is 0 Å². The van der Waals surface area contributed by atoms with Gasteiger partial charge in [-0.1, -0.05) is 30.3 Å². The van der Waals surface area contributed by atoms with Crippen LogP contribution in [-0.4, -0.2) is 45.9 Å². The molecule has 25 heavy (non-hydrogen) atoms. The zero-order chi connectivity index (χ0) is 17.7. The molecule has 1 fully saturated rings. The Balaban J connectivity index is 1.58. The third kappa shape index (κ3) is 5.09. The normalized spacial score (nSPS) is 22.5. The van der Waals surface area contributed by atoms with Gasteiger partial charge in [0.25, 0.3) is 5.17 Å². The molecule has 0 unspecified atom stereocenters. The molecular formula is C18H22N2O4S. The molecule has 0 N–H and O–H groups in total. The maximum Gasteiger partial charge on any atom is 0.269 e. The van der Waals surface area contributed by atoms with Crippen LogP contribution in [0, 0.1) is 0 Å². The Morgan fingerprint density at radius 3 is 2.88 bits per heavy atom. The fourth-order valence-corrected chi connectivity index (χ4v) is 2.77. The number of imidazole rings is 1. The van der Waals surface area contributed by atoms with Gasteiger partial charge in [0.05, 0.1) is 19.8 Å². The van der Waals surface area contributed by atoms with Gasteiger partial charge >= 0.3 is 0 Å². The van der Waals surface area contributed by atoms with E-state index >= 15 is 0 Å². The minimum Gasteiger partial charge on any atom is -0.462 e. The standard InChI is InChI=1S/C18H22N2O4S/c1-18(2)22-12-15(23-17(25)20-9-8-19-13-20)16(24-18)11-21-10-14-6-4-3-5-7-14/h3-9,13,15-16H,10-12H2,1-2H3/t15-,16-/m0/s1. The van der Waals surface area contributed by atoms with Gasteiger partial charge in [-0.05, 0) is 31.6 Å². The number of ether oxygens (including phenoxy) is 4.